The van der Waals surface area contributed by atoms with Gasteiger partial charge in [0.2, 0.25) is 0 Å². The van der Waals surface area contributed by atoms with Crippen molar-refractivity contribution >= 4 is 11.6 Å². The second-order valence-electron chi connectivity index (χ2n) is 2.27. The first kappa shape index (κ1) is 9.12. The second-order valence-corrected chi connectivity index (χ2v) is 2.75. The number of allylic oxidation sites excluding steroid dienone is 2. The quantitative estimate of drug-likeness (QED) is 0.278. The highest BCUT2D eigenvalue weighted by atomic mass is 35.5. The number of nitro groups is 1. The smallest absolute Gasteiger partial charge is 0.261 e. The normalized spacial score (nSPS) is 34.6. The Kier molecular flexibility index (Phi) is 2.14. The summed E-state index contributed by atoms with van der Waals surface area (Å²) in [5, 5.41) is 8.67. The third kappa shape index (κ3) is 1.32. The van der Waals surface area contributed by atoms with Crippen molar-refractivity contribution in [2.75, 3.05) is 0 Å². The Balaban J connectivity index is 3.05. The lowest BCUT2D eigenvalue weighted by molar-refractivity contribution is -0.587. The first-order valence-corrected chi connectivity index (χ1v) is 3.44. The molecule has 1 rings (SSSR count). The molecular formula is C6H4ClF2NO2. The molecule has 0 fully saturated rings. The van der Waals surface area contributed by atoms with Crippen molar-refractivity contribution in [1.82, 2.24) is 0 Å². The third-order valence-corrected chi connectivity index (χ3v) is 1.88. The Bertz CT molecular complexity index is 279. The van der Waals surface area contributed by atoms with Crippen molar-refractivity contribution in [3.05, 3.63) is 34.2 Å². The summed E-state index contributed by atoms with van der Waals surface area (Å²) in [6, 6.07) is 0. The van der Waals surface area contributed by atoms with Crippen molar-refractivity contribution in [3.8, 4) is 0 Å². The molecule has 1 aliphatic carbocycles. The molecule has 0 saturated heterocycles. The first-order valence-electron chi connectivity index (χ1n) is 3.01. The molecule has 0 aromatic rings. The number of hydrogen-bond donors (Lipinski definition) is 0. The van der Waals surface area contributed by atoms with Crippen molar-refractivity contribution in [2.24, 2.45) is 0 Å². The van der Waals surface area contributed by atoms with Crippen molar-refractivity contribution in [1.29, 1.82) is 0 Å². The summed E-state index contributed by atoms with van der Waals surface area (Å²) in [5.74, 6) is -4.02. The zero-order chi connectivity index (χ0) is 9.35. The lowest BCUT2D eigenvalue weighted by atomic mass is 10.1. The minimum absolute atomic E-state index is 0.255. The molecule has 0 heterocycles. The molecule has 0 unspecified atom stereocenters. The molecule has 0 aromatic heterocycles. The van der Waals surface area contributed by atoms with E-state index in [0.29, 0.717) is 0 Å². The summed E-state index contributed by atoms with van der Waals surface area (Å²) in [6.45, 7) is 0. The summed E-state index contributed by atoms with van der Waals surface area (Å²) in [7, 11) is 0. The number of nitrogens with zero attached hydrogens (tertiary/aromatic N) is 1. The summed E-state index contributed by atoms with van der Waals surface area (Å²) < 4.78 is 25.5. The van der Waals surface area contributed by atoms with Crippen LogP contribution >= 0.6 is 11.6 Å². The van der Waals surface area contributed by atoms with Gasteiger partial charge in [0.15, 0.2) is 5.38 Å². The lowest BCUT2D eigenvalue weighted by Gasteiger charge is -2.18. The van der Waals surface area contributed by atoms with Crippen molar-refractivity contribution in [3.63, 3.8) is 0 Å². The predicted octanol–water partition coefficient (Wildman–Crippen LogP) is 1.96. The maximum atomic E-state index is 13.1. The average Bonchev–Trinajstić information content (AvgIpc) is 1.97. The molecule has 3 nitrogen and oxygen atoms in total. The highest BCUT2D eigenvalue weighted by Gasteiger charge is 2.49. The van der Waals surface area contributed by atoms with E-state index in [-0.39, 0.29) is 6.08 Å². The van der Waals surface area contributed by atoms with Crippen LogP contribution in [0, 0.1) is 10.1 Å². The molecule has 0 amide bonds. The highest BCUT2D eigenvalue weighted by Crippen LogP contribution is 2.30. The number of halogens is 3. The van der Waals surface area contributed by atoms with Crippen LogP contribution in [0.25, 0.3) is 0 Å². The molecule has 0 spiro atoms. The fourth-order valence-electron chi connectivity index (χ4n) is 0.786. The van der Waals surface area contributed by atoms with E-state index in [0.717, 1.165) is 12.2 Å². The van der Waals surface area contributed by atoms with Crippen LogP contribution in [0.4, 0.5) is 8.78 Å². The van der Waals surface area contributed by atoms with Gasteiger partial charge in [0.05, 0.1) is 11.0 Å². The topological polar surface area (TPSA) is 43.1 Å². The van der Waals surface area contributed by atoms with E-state index in [1.807, 2.05) is 0 Å². The predicted molar refractivity (Wildman–Crippen MR) is 38.8 cm³/mol. The monoisotopic (exact) mass is 195 g/mol. The summed E-state index contributed by atoms with van der Waals surface area (Å²) in [4.78, 5) is 8.88. The van der Waals surface area contributed by atoms with Crippen LogP contribution in [-0.4, -0.2) is 16.1 Å². The van der Waals surface area contributed by atoms with Gasteiger partial charge in [-0.15, -0.1) is 11.6 Å². The molecule has 1 aliphatic rings. The van der Waals surface area contributed by atoms with Crippen LogP contribution in [0.3, 0.4) is 0 Å². The fourth-order valence-corrected chi connectivity index (χ4v) is 1.00. The van der Waals surface area contributed by atoms with Crippen molar-refractivity contribution < 1.29 is 13.7 Å². The molecule has 12 heavy (non-hydrogen) atoms. The molecular weight excluding hydrogens is 192 g/mol. The van der Waals surface area contributed by atoms with E-state index in [4.69, 9.17) is 11.6 Å². The van der Waals surface area contributed by atoms with Crippen LogP contribution in [0.1, 0.15) is 0 Å². The lowest BCUT2D eigenvalue weighted by Crippen LogP contribution is -2.40. The standard InChI is InChI=1S/C6H4ClF2NO2/c7-5-2-1-4(8)3-6(5,9)10(11)12/h1-3,5H/t5-,6+/m1/s1. The van der Waals surface area contributed by atoms with Crippen LogP contribution in [-0.2, 0) is 0 Å². The van der Waals surface area contributed by atoms with Gasteiger partial charge in [-0.2, -0.15) is 4.39 Å². The van der Waals surface area contributed by atoms with Gasteiger partial charge in [-0.05, 0) is 6.08 Å². The van der Waals surface area contributed by atoms with Gasteiger partial charge in [-0.25, -0.2) is 4.39 Å². The number of rotatable bonds is 1. The summed E-state index contributed by atoms with van der Waals surface area (Å²) in [6.07, 6.45) is 2.04. The number of hydrogen-bond acceptors (Lipinski definition) is 2. The minimum Gasteiger partial charge on any atom is -0.261 e. The first-order chi connectivity index (χ1) is 5.47. The molecule has 0 radical (unpaired) electrons. The van der Waals surface area contributed by atoms with Crippen LogP contribution in [0.2, 0.25) is 0 Å². The minimum atomic E-state index is -3.03. The zero-order valence-corrected chi connectivity index (χ0v) is 6.46. The maximum absolute atomic E-state index is 13.1. The van der Waals surface area contributed by atoms with Gasteiger partial charge >= 0.3 is 5.79 Å². The molecule has 6 heteroatoms. The van der Waals surface area contributed by atoms with Crippen molar-refractivity contribution in [2.45, 2.75) is 11.2 Å². The zero-order valence-electron chi connectivity index (χ0n) is 5.71. The van der Waals surface area contributed by atoms with Gasteiger partial charge in [-0.1, -0.05) is 6.08 Å². The largest absolute Gasteiger partial charge is 0.400 e. The van der Waals surface area contributed by atoms with Crippen LogP contribution in [0.5, 0.6) is 0 Å². The van der Waals surface area contributed by atoms with Gasteiger partial charge < -0.3 is 0 Å². The van der Waals surface area contributed by atoms with Gasteiger partial charge in [0.25, 0.3) is 0 Å². The molecule has 2 atom stereocenters. The molecule has 0 aromatic carbocycles. The van der Waals surface area contributed by atoms with Gasteiger partial charge in [-0.3, -0.25) is 10.1 Å². The SMILES string of the molecule is O=[N+]([O-])[C@@]1(F)C=C(F)C=C[C@H]1Cl. The van der Waals surface area contributed by atoms with E-state index in [1.165, 1.54) is 0 Å². The third-order valence-electron chi connectivity index (χ3n) is 1.43. The van der Waals surface area contributed by atoms with Crippen LogP contribution in [0.15, 0.2) is 24.1 Å². The Labute approximate surface area is 71.5 Å². The Hall–Kier alpha value is -0.970. The molecule has 0 saturated carbocycles. The summed E-state index contributed by atoms with van der Waals surface area (Å²) >= 11 is 5.27. The molecule has 0 bridgehead atoms. The number of alkyl halides is 2. The van der Waals surface area contributed by atoms with Gasteiger partial charge in [0, 0.05) is 0 Å². The Morgan fingerprint density at radius 3 is 2.75 bits per heavy atom. The Morgan fingerprint density at radius 1 is 1.75 bits per heavy atom. The van der Waals surface area contributed by atoms with E-state index in [2.05, 4.69) is 0 Å². The van der Waals surface area contributed by atoms with E-state index < -0.39 is 21.9 Å². The van der Waals surface area contributed by atoms with E-state index in [1.54, 1.807) is 0 Å². The maximum Gasteiger partial charge on any atom is 0.400 e. The highest BCUT2D eigenvalue weighted by molar-refractivity contribution is 6.22. The fraction of sp³-hybridized carbons (Fsp3) is 0.333. The van der Waals surface area contributed by atoms with E-state index >= 15 is 0 Å². The molecule has 0 aliphatic heterocycles. The summed E-state index contributed by atoms with van der Waals surface area (Å²) in [5.41, 5.74) is 0. The average molecular weight is 196 g/mol. The molecule has 66 valence electrons. The molecule has 0 N–H and O–H groups in total. The van der Waals surface area contributed by atoms with E-state index in [9.17, 15) is 18.9 Å². The Morgan fingerprint density at radius 2 is 2.33 bits per heavy atom. The van der Waals surface area contributed by atoms with Crippen LogP contribution < -0.4 is 0 Å². The second kappa shape index (κ2) is 2.82. The van der Waals surface area contributed by atoms with Gasteiger partial charge in [0.1, 0.15) is 5.83 Å².